The summed E-state index contributed by atoms with van der Waals surface area (Å²) in [6.45, 7) is 8.51. The number of nitrogens with two attached hydrogens (primary N) is 1. The minimum atomic E-state index is -0.461. The van der Waals surface area contributed by atoms with Crippen molar-refractivity contribution in [2.24, 2.45) is 17.6 Å². The van der Waals surface area contributed by atoms with Crippen LogP contribution < -0.4 is 11.1 Å². The molecule has 1 amide bonds. The van der Waals surface area contributed by atoms with Gasteiger partial charge in [-0.25, -0.2) is 0 Å². The third-order valence-electron chi connectivity index (χ3n) is 5.44. The smallest absolute Gasteiger partial charge is 0.230 e. The van der Waals surface area contributed by atoms with E-state index in [0.29, 0.717) is 13.0 Å². The first-order chi connectivity index (χ1) is 13.6. The van der Waals surface area contributed by atoms with Gasteiger partial charge >= 0.3 is 0 Å². The van der Waals surface area contributed by atoms with Crippen LogP contribution in [0.4, 0.5) is 0 Å². The van der Waals surface area contributed by atoms with Crippen LogP contribution in [0, 0.1) is 17.2 Å². The summed E-state index contributed by atoms with van der Waals surface area (Å²) < 4.78 is 5.79. The highest BCUT2D eigenvalue weighted by molar-refractivity contribution is 6.00. The van der Waals surface area contributed by atoms with Crippen LogP contribution in [-0.4, -0.2) is 31.5 Å². The van der Waals surface area contributed by atoms with Crippen LogP contribution in [0.3, 0.4) is 0 Å². The summed E-state index contributed by atoms with van der Waals surface area (Å²) >= 11 is 0. The van der Waals surface area contributed by atoms with Gasteiger partial charge in [-0.3, -0.25) is 10.2 Å². The molecule has 0 spiro atoms. The molecule has 166 valence electrons. The molecule has 1 saturated carbocycles. The van der Waals surface area contributed by atoms with Gasteiger partial charge in [0.25, 0.3) is 0 Å². The largest absolute Gasteiger partial charge is 0.387 e. The molecule has 1 unspecified atom stereocenters. The lowest BCUT2D eigenvalue weighted by atomic mass is 10.0. The fourth-order valence-corrected chi connectivity index (χ4v) is 3.70. The Balaban J connectivity index is 0.00000352. The Morgan fingerprint density at radius 1 is 1.04 bits per heavy atom. The monoisotopic (exact) mass is 397 g/mol. The molecule has 1 rings (SSSR count). The predicted octanol–water partition coefficient (Wildman–Crippen LogP) is 5.42. The second kappa shape index (κ2) is 19.2. The molecule has 28 heavy (non-hydrogen) atoms. The first-order valence-corrected chi connectivity index (χ1v) is 11.8. The summed E-state index contributed by atoms with van der Waals surface area (Å²) in [6.07, 6.45) is 15.9. The summed E-state index contributed by atoms with van der Waals surface area (Å²) in [7, 11) is 0. The van der Waals surface area contributed by atoms with Crippen LogP contribution in [0.5, 0.6) is 0 Å². The standard InChI is InChI=1S/C21H41N3O2.C2H6/c1-2-19(20(22)23)21(25)24-15-11-7-5-3-4-6-8-12-16-26-17-18-13-9-10-14-18;1-2/h18-19H,2-17H2,1H3,(H3,22,23)(H,24,25);1-2H3. The van der Waals surface area contributed by atoms with Gasteiger partial charge in [-0.05, 0) is 38.0 Å². The van der Waals surface area contributed by atoms with Crippen LogP contribution in [0.25, 0.3) is 0 Å². The highest BCUT2D eigenvalue weighted by Crippen LogP contribution is 2.24. The van der Waals surface area contributed by atoms with Gasteiger partial charge in [0.2, 0.25) is 5.91 Å². The molecule has 0 aliphatic heterocycles. The lowest BCUT2D eigenvalue weighted by molar-refractivity contribution is -0.123. The normalized spacial score (nSPS) is 15.0. The fraction of sp³-hybridized carbons (Fsp3) is 0.913. The highest BCUT2D eigenvalue weighted by atomic mass is 16.5. The first kappa shape index (κ1) is 26.9. The molecule has 1 atom stereocenters. The number of carbonyl (C=O) groups excluding carboxylic acids is 1. The Labute approximate surface area is 174 Å². The van der Waals surface area contributed by atoms with Crippen molar-refractivity contribution in [3.8, 4) is 0 Å². The van der Waals surface area contributed by atoms with Gasteiger partial charge in [0.15, 0.2) is 0 Å². The maximum absolute atomic E-state index is 11.8. The van der Waals surface area contributed by atoms with Crippen LogP contribution in [0.15, 0.2) is 0 Å². The van der Waals surface area contributed by atoms with E-state index < -0.39 is 5.92 Å². The van der Waals surface area contributed by atoms with Gasteiger partial charge in [-0.1, -0.05) is 72.1 Å². The summed E-state index contributed by atoms with van der Waals surface area (Å²) in [5.41, 5.74) is 5.43. The summed E-state index contributed by atoms with van der Waals surface area (Å²) in [4.78, 5) is 11.8. The fourth-order valence-electron chi connectivity index (χ4n) is 3.70. The van der Waals surface area contributed by atoms with E-state index in [4.69, 9.17) is 15.9 Å². The van der Waals surface area contributed by atoms with Crippen molar-refractivity contribution in [1.29, 1.82) is 5.41 Å². The Bertz CT molecular complexity index is 382. The molecule has 0 aromatic rings. The summed E-state index contributed by atoms with van der Waals surface area (Å²) in [5, 5.41) is 10.3. The molecule has 4 N–H and O–H groups in total. The molecule has 1 fully saturated rings. The Morgan fingerprint density at radius 2 is 1.57 bits per heavy atom. The number of carbonyl (C=O) groups is 1. The second-order valence-corrected chi connectivity index (χ2v) is 7.76. The van der Waals surface area contributed by atoms with Crippen molar-refractivity contribution < 1.29 is 9.53 Å². The van der Waals surface area contributed by atoms with E-state index in [2.05, 4.69) is 5.32 Å². The molecule has 0 radical (unpaired) electrons. The van der Waals surface area contributed by atoms with E-state index in [1.807, 2.05) is 20.8 Å². The third-order valence-corrected chi connectivity index (χ3v) is 5.44. The first-order valence-electron chi connectivity index (χ1n) is 11.8. The van der Waals surface area contributed by atoms with Crippen molar-refractivity contribution >= 4 is 11.7 Å². The SMILES string of the molecule is CC.CCC(C(=N)N)C(=O)NCCCCCCCCCCOCC1CCCC1. The van der Waals surface area contributed by atoms with Gasteiger partial charge in [-0.2, -0.15) is 0 Å². The number of amidine groups is 1. The van der Waals surface area contributed by atoms with E-state index in [-0.39, 0.29) is 11.7 Å². The molecule has 1 aliphatic carbocycles. The maximum atomic E-state index is 11.8. The minimum absolute atomic E-state index is 0.0334. The lowest BCUT2D eigenvalue weighted by Crippen LogP contribution is -2.38. The molecule has 0 heterocycles. The predicted molar refractivity (Wildman–Crippen MR) is 120 cm³/mol. The Morgan fingerprint density at radius 3 is 2.11 bits per heavy atom. The van der Waals surface area contributed by atoms with Crippen LogP contribution in [0.2, 0.25) is 0 Å². The van der Waals surface area contributed by atoms with Crippen molar-refractivity contribution in [3.05, 3.63) is 0 Å². The van der Waals surface area contributed by atoms with Crippen molar-refractivity contribution in [3.63, 3.8) is 0 Å². The lowest BCUT2D eigenvalue weighted by Gasteiger charge is -2.13. The van der Waals surface area contributed by atoms with Crippen molar-refractivity contribution in [1.82, 2.24) is 5.32 Å². The molecular weight excluding hydrogens is 350 g/mol. The molecular formula is C23H47N3O2. The van der Waals surface area contributed by atoms with Gasteiger partial charge in [0.05, 0.1) is 5.92 Å². The summed E-state index contributed by atoms with van der Waals surface area (Å²) in [5.74, 6) is 0.247. The Kier molecular flexibility index (Phi) is 18.5. The van der Waals surface area contributed by atoms with Crippen LogP contribution in [0.1, 0.15) is 104 Å². The molecule has 5 heteroatoms. The average Bonchev–Trinajstić information content (AvgIpc) is 3.21. The van der Waals surface area contributed by atoms with Gasteiger partial charge in [0.1, 0.15) is 5.84 Å². The molecule has 0 bridgehead atoms. The Hall–Kier alpha value is -1.10. The van der Waals surface area contributed by atoms with Crippen LogP contribution >= 0.6 is 0 Å². The van der Waals surface area contributed by atoms with Crippen LogP contribution in [-0.2, 0) is 9.53 Å². The number of amides is 1. The highest BCUT2D eigenvalue weighted by Gasteiger charge is 2.18. The van der Waals surface area contributed by atoms with Gasteiger partial charge in [-0.15, -0.1) is 0 Å². The molecule has 5 nitrogen and oxygen atoms in total. The number of hydrogen-bond acceptors (Lipinski definition) is 3. The van der Waals surface area contributed by atoms with Crippen molar-refractivity contribution in [2.75, 3.05) is 19.8 Å². The zero-order chi connectivity index (χ0) is 21.0. The topological polar surface area (TPSA) is 88.2 Å². The molecule has 0 aromatic heterocycles. The average molecular weight is 398 g/mol. The number of ether oxygens (including phenoxy) is 1. The molecule has 0 saturated heterocycles. The van der Waals surface area contributed by atoms with E-state index >= 15 is 0 Å². The van der Waals surface area contributed by atoms with E-state index in [9.17, 15) is 4.79 Å². The number of rotatable bonds is 16. The number of unbranched alkanes of at least 4 members (excludes halogenated alkanes) is 7. The summed E-state index contributed by atoms with van der Waals surface area (Å²) in [6, 6.07) is 0. The number of nitrogens with one attached hydrogen (secondary N) is 2. The minimum Gasteiger partial charge on any atom is -0.387 e. The zero-order valence-corrected chi connectivity index (χ0v) is 18.9. The maximum Gasteiger partial charge on any atom is 0.230 e. The van der Waals surface area contributed by atoms with E-state index in [1.165, 1.54) is 64.2 Å². The number of hydrogen-bond donors (Lipinski definition) is 3. The van der Waals surface area contributed by atoms with Crippen molar-refractivity contribution in [2.45, 2.75) is 104 Å². The zero-order valence-electron chi connectivity index (χ0n) is 18.9. The van der Waals surface area contributed by atoms with Gasteiger partial charge in [0, 0.05) is 19.8 Å². The quantitative estimate of drug-likeness (QED) is 0.185. The van der Waals surface area contributed by atoms with Gasteiger partial charge < -0.3 is 15.8 Å². The molecule has 1 aliphatic rings. The van der Waals surface area contributed by atoms with E-state index in [0.717, 1.165) is 32.0 Å². The molecule has 0 aromatic carbocycles. The van der Waals surface area contributed by atoms with E-state index in [1.54, 1.807) is 0 Å². The third kappa shape index (κ3) is 14.0. The second-order valence-electron chi connectivity index (χ2n) is 7.76.